The molecule has 33 heavy (non-hydrogen) atoms. The van der Waals surface area contributed by atoms with Crippen LogP contribution in [0.3, 0.4) is 0 Å². The molecule has 0 spiro atoms. The van der Waals surface area contributed by atoms with E-state index in [1.807, 2.05) is 68.4 Å². The maximum Gasteiger partial charge on any atom is 0.231 e. The Kier molecular flexibility index (Phi) is 6.92. The lowest BCUT2D eigenvalue weighted by Gasteiger charge is -2.10. The van der Waals surface area contributed by atoms with E-state index in [0.29, 0.717) is 17.6 Å². The highest BCUT2D eigenvalue weighted by atomic mass is 15.4. The number of anilines is 4. The molecule has 0 radical (unpaired) electrons. The van der Waals surface area contributed by atoms with Gasteiger partial charge in [-0.2, -0.15) is 20.2 Å². The van der Waals surface area contributed by atoms with Crippen LogP contribution in [-0.2, 0) is 0 Å². The van der Waals surface area contributed by atoms with Gasteiger partial charge in [-0.15, -0.1) is 0 Å². The Morgan fingerprint density at radius 1 is 0.667 bits per heavy atom. The zero-order valence-corrected chi connectivity index (χ0v) is 18.3. The van der Waals surface area contributed by atoms with Gasteiger partial charge < -0.3 is 5.32 Å². The van der Waals surface area contributed by atoms with E-state index in [9.17, 15) is 0 Å². The summed E-state index contributed by atoms with van der Waals surface area (Å²) < 4.78 is 0. The van der Waals surface area contributed by atoms with Gasteiger partial charge in [-0.05, 0) is 50.2 Å². The summed E-state index contributed by atoms with van der Waals surface area (Å²) in [6.07, 6.45) is 6.91. The van der Waals surface area contributed by atoms with Crippen LogP contribution in [0.1, 0.15) is 25.0 Å². The van der Waals surface area contributed by atoms with E-state index in [1.54, 1.807) is 30.9 Å². The zero-order chi connectivity index (χ0) is 22.9. The van der Waals surface area contributed by atoms with Gasteiger partial charge in [-0.25, -0.2) is 0 Å². The molecule has 0 aliphatic rings. The second kappa shape index (κ2) is 10.6. The van der Waals surface area contributed by atoms with Gasteiger partial charge >= 0.3 is 0 Å². The number of pyridine rings is 2. The first-order chi connectivity index (χ1) is 16.2. The first kappa shape index (κ1) is 21.6. The molecule has 0 saturated carbocycles. The molecule has 0 atom stereocenters. The van der Waals surface area contributed by atoms with Crippen molar-refractivity contribution in [2.24, 2.45) is 10.2 Å². The lowest BCUT2D eigenvalue weighted by atomic mass is 10.2. The minimum atomic E-state index is 0.405. The molecule has 4 rings (SSSR count). The Bertz CT molecular complexity index is 1170. The Morgan fingerprint density at radius 3 is 1.64 bits per heavy atom. The molecule has 4 aromatic rings. The van der Waals surface area contributed by atoms with E-state index in [-0.39, 0.29) is 0 Å². The van der Waals surface area contributed by atoms with Crippen LogP contribution in [0.5, 0.6) is 0 Å². The monoisotopic (exact) mass is 437 g/mol. The largest absolute Gasteiger partial charge is 0.324 e. The highest BCUT2D eigenvalue weighted by Gasteiger charge is 2.06. The lowest BCUT2D eigenvalue weighted by Crippen LogP contribution is -2.06. The molecule has 164 valence electrons. The molecule has 0 aliphatic carbocycles. The Hall–Kier alpha value is -4.66. The van der Waals surface area contributed by atoms with E-state index in [0.717, 1.165) is 28.2 Å². The van der Waals surface area contributed by atoms with Crippen LogP contribution < -0.4 is 16.2 Å². The fourth-order valence-electron chi connectivity index (χ4n) is 2.87. The number of rotatable bonds is 8. The summed E-state index contributed by atoms with van der Waals surface area (Å²) >= 11 is 0. The van der Waals surface area contributed by atoms with Gasteiger partial charge in [0.05, 0.1) is 11.4 Å². The number of nitrogens with one attached hydrogen (secondary N) is 3. The van der Waals surface area contributed by atoms with Gasteiger partial charge in [0.2, 0.25) is 5.95 Å². The van der Waals surface area contributed by atoms with Crippen LogP contribution in [0.2, 0.25) is 0 Å². The number of hydrazone groups is 2. The van der Waals surface area contributed by atoms with Crippen molar-refractivity contribution in [1.29, 1.82) is 0 Å². The van der Waals surface area contributed by atoms with E-state index in [4.69, 9.17) is 0 Å². The van der Waals surface area contributed by atoms with Gasteiger partial charge in [0.1, 0.15) is 0 Å². The van der Waals surface area contributed by atoms with Crippen LogP contribution in [-0.4, -0.2) is 31.4 Å². The third-order valence-electron chi connectivity index (χ3n) is 4.63. The second-order valence-electron chi connectivity index (χ2n) is 7.04. The van der Waals surface area contributed by atoms with Gasteiger partial charge in [-0.3, -0.25) is 20.8 Å². The summed E-state index contributed by atoms with van der Waals surface area (Å²) in [6, 6.07) is 19.0. The molecule has 0 bridgehead atoms. The number of para-hydroxylation sites is 1. The Balaban J connectivity index is 1.59. The predicted molar refractivity (Wildman–Crippen MR) is 132 cm³/mol. The topological polar surface area (TPSA) is 112 Å². The smallest absolute Gasteiger partial charge is 0.231 e. The minimum Gasteiger partial charge on any atom is -0.324 e. The predicted octanol–water partition coefficient (Wildman–Crippen LogP) is 4.68. The molecule has 0 saturated heterocycles. The number of aromatic nitrogens is 4. The van der Waals surface area contributed by atoms with E-state index >= 15 is 0 Å². The summed E-state index contributed by atoms with van der Waals surface area (Å²) in [6.45, 7) is 3.82. The molecule has 0 amide bonds. The standard InChI is InChI=1S/C24H23N9/c1-17(19-8-12-25-13-9-19)30-32-22-16-23(33-31-18(2)20-10-14-26-15-11-20)29-24(28-22)27-21-6-4-3-5-7-21/h3-16H,1-2H3,(H3,27,28,29,32,33)/b30-17+,31-18+. The van der Waals surface area contributed by atoms with Gasteiger partial charge in [-0.1, -0.05) is 18.2 Å². The molecular formula is C24H23N9. The quantitative estimate of drug-likeness (QED) is 0.271. The van der Waals surface area contributed by atoms with Crippen LogP contribution >= 0.6 is 0 Å². The van der Waals surface area contributed by atoms with E-state index in [2.05, 4.69) is 46.3 Å². The van der Waals surface area contributed by atoms with E-state index in [1.165, 1.54) is 0 Å². The fraction of sp³-hybridized carbons (Fsp3) is 0.0833. The average Bonchev–Trinajstić information content (AvgIpc) is 2.87. The van der Waals surface area contributed by atoms with E-state index < -0.39 is 0 Å². The average molecular weight is 438 g/mol. The Labute approximate surface area is 191 Å². The minimum absolute atomic E-state index is 0.405. The third kappa shape index (κ3) is 6.17. The number of hydrogen-bond acceptors (Lipinski definition) is 9. The Morgan fingerprint density at radius 2 is 1.15 bits per heavy atom. The first-order valence-electron chi connectivity index (χ1n) is 10.3. The molecule has 0 unspecified atom stereocenters. The van der Waals surface area contributed by atoms with Crippen molar-refractivity contribution in [2.75, 3.05) is 16.2 Å². The van der Waals surface area contributed by atoms with Gasteiger partial charge in [0, 0.05) is 47.7 Å². The summed E-state index contributed by atoms with van der Waals surface area (Å²) in [5.41, 5.74) is 10.4. The maximum absolute atomic E-state index is 4.53. The molecule has 9 nitrogen and oxygen atoms in total. The first-order valence-corrected chi connectivity index (χ1v) is 10.3. The lowest BCUT2D eigenvalue weighted by molar-refractivity contribution is 1.12. The maximum atomic E-state index is 4.53. The van der Waals surface area contributed by atoms with Crippen molar-refractivity contribution in [1.82, 2.24) is 19.9 Å². The summed E-state index contributed by atoms with van der Waals surface area (Å²) in [7, 11) is 0. The van der Waals surface area contributed by atoms with Crippen molar-refractivity contribution >= 4 is 34.7 Å². The molecular weight excluding hydrogens is 414 g/mol. The van der Waals surface area contributed by atoms with Crippen LogP contribution in [0.15, 0.2) is 95.7 Å². The van der Waals surface area contributed by atoms with Crippen molar-refractivity contribution in [3.63, 3.8) is 0 Å². The van der Waals surface area contributed by atoms with Crippen molar-refractivity contribution < 1.29 is 0 Å². The zero-order valence-electron chi connectivity index (χ0n) is 18.3. The number of hydrogen-bond donors (Lipinski definition) is 3. The molecule has 9 heteroatoms. The fourth-order valence-corrected chi connectivity index (χ4v) is 2.87. The summed E-state index contributed by atoms with van der Waals surface area (Å²) in [5, 5.41) is 12.1. The highest BCUT2D eigenvalue weighted by Crippen LogP contribution is 2.19. The SMILES string of the molecule is C/C(=N\Nc1cc(N/N=C(\C)c2ccncc2)nc(Nc2ccccc2)n1)c1ccncc1. The molecule has 3 heterocycles. The third-order valence-corrected chi connectivity index (χ3v) is 4.63. The molecule has 3 N–H and O–H groups in total. The van der Waals surface area contributed by atoms with Crippen molar-refractivity contribution in [3.8, 4) is 0 Å². The molecule has 3 aromatic heterocycles. The van der Waals surface area contributed by atoms with Gasteiger partial charge in [0.15, 0.2) is 11.6 Å². The summed E-state index contributed by atoms with van der Waals surface area (Å²) in [5.74, 6) is 1.43. The van der Waals surface area contributed by atoms with Gasteiger partial charge in [0.25, 0.3) is 0 Å². The van der Waals surface area contributed by atoms with Crippen molar-refractivity contribution in [3.05, 3.63) is 96.6 Å². The van der Waals surface area contributed by atoms with Crippen molar-refractivity contribution in [2.45, 2.75) is 13.8 Å². The normalized spacial score (nSPS) is 11.7. The molecule has 1 aromatic carbocycles. The van der Waals surface area contributed by atoms with Crippen LogP contribution in [0.4, 0.5) is 23.3 Å². The second-order valence-corrected chi connectivity index (χ2v) is 7.04. The molecule has 0 fully saturated rings. The van der Waals surface area contributed by atoms with Crippen LogP contribution in [0, 0.1) is 0 Å². The van der Waals surface area contributed by atoms with Crippen LogP contribution in [0.25, 0.3) is 0 Å². The number of benzene rings is 1. The highest BCUT2D eigenvalue weighted by molar-refractivity contribution is 5.99. The number of nitrogens with zero attached hydrogens (tertiary/aromatic N) is 6. The summed E-state index contributed by atoms with van der Waals surface area (Å²) in [4.78, 5) is 17.1. The molecule has 0 aliphatic heterocycles.